The van der Waals surface area contributed by atoms with E-state index < -0.39 is 34.1 Å². The molecule has 0 fully saturated rings. The van der Waals surface area contributed by atoms with Crippen LogP contribution in [0.5, 0.6) is 11.5 Å². The van der Waals surface area contributed by atoms with Crippen molar-refractivity contribution >= 4 is 39.1 Å². The highest BCUT2D eigenvalue weighted by atomic mass is 35.5. The molecule has 9 nitrogen and oxygen atoms in total. The first-order valence-electron chi connectivity index (χ1n) is 15.4. The summed E-state index contributed by atoms with van der Waals surface area (Å²) in [6.07, 6.45) is 0.183. The minimum atomic E-state index is -4.34. The molecule has 0 saturated heterocycles. The number of methoxy groups -OCH3 is 2. The van der Waals surface area contributed by atoms with Crippen LogP contribution < -0.4 is 19.1 Å². The molecule has 254 valence electrons. The lowest BCUT2D eigenvalue weighted by Gasteiger charge is -2.35. The van der Waals surface area contributed by atoms with Crippen LogP contribution in [-0.2, 0) is 32.6 Å². The van der Waals surface area contributed by atoms with Crippen molar-refractivity contribution in [1.29, 1.82) is 0 Å². The molecule has 48 heavy (non-hydrogen) atoms. The standard InChI is InChI=1S/C37H42ClN3O6S/c1-26-15-18-31(19-16-26)48(44,45)41(32-23-30(46-5)17-20-34(32)47-6)25-35(42)40(24-28-13-10-14-29(38)21-28)33(36(43)39-37(2,3)4)22-27-11-8-7-9-12-27/h7-21,23,33H,22,24-25H2,1-6H3,(H,39,43). The van der Waals surface area contributed by atoms with Gasteiger partial charge in [0.2, 0.25) is 11.8 Å². The summed E-state index contributed by atoms with van der Waals surface area (Å²) in [5, 5.41) is 3.49. The summed E-state index contributed by atoms with van der Waals surface area (Å²) in [6.45, 7) is 6.78. The molecule has 1 N–H and O–H groups in total. The Morgan fingerprint density at radius 2 is 1.52 bits per heavy atom. The average Bonchev–Trinajstić information content (AvgIpc) is 3.04. The molecule has 0 saturated carbocycles. The Morgan fingerprint density at radius 1 is 0.854 bits per heavy atom. The largest absolute Gasteiger partial charge is 0.497 e. The van der Waals surface area contributed by atoms with Gasteiger partial charge in [-0.2, -0.15) is 0 Å². The minimum absolute atomic E-state index is 0.0118. The first kappa shape index (κ1) is 36.3. The van der Waals surface area contributed by atoms with Crippen LogP contribution >= 0.6 is 11.6 Å². The lowest BCUT2D eigenvalue weighted by molar-refractivity contribution is -0.140. The number of aryl methyl sites for hydroxylation is 1. The lowest BCUT2D eigenvalue weighted by Crippen LogP contribution is -2.56. The topological polar surface area (TPSA) is 105 Å². The molecular formula is C37H42ClN3O6S. The zero-order chi connectivity index (χ0) is 35.1. The minimum Gasteiger partial charge on any atom is -0.497 e. The van der Waals surface area contributed by atoms with Crippen molar-refractivity contribution in [2.75, 3.05) is 25.1 Å². The number of sulfonamides is 1. The van der Waals surface area contributed by atoms with Gasteiger partial charge in [-0.3, -0.25) is 13.9 Å². The zero-order valence-corrected chi connectivity index (χ0v) is 29.6. The second-order valence-corrected chi connectivity index (χ2v) is 14.8. The van der Waals surface area contributed by atoms with Gasteiger partial charge >= 0.3 is 0 Å². The molecule has 0 bridgehead atoms. The number of nitrogens with one attached hydrogen (secondary N) is 1. The summed E-state index contributed by atoms with van der Waals surface area (Å²) >= 11 is 6.34. The molecule has 0 radical (unpaired) electrons. The van der Waals surface area contributed by atoms with Gasteiger partial charge in [-0.25, -0.2) is 8.42 Å². The fourth-order valence-electron chi connectivity index (χ4n) is 5.18. The molecule has 1 atom stereocenters. The van der Waals surface area contributed by atoms with E-state index >= 15 is 0 Å². The van der Waals surface area contributed by atoms with E-state index in [4.69, 9.17) is 21.1 Å². The Bertz CT molecular complexity index is 1830. The molecule has 0 aliphatic carbocycles. The van der Waals surface area contributed by atoms with E-state index in [2.05, 4.69) is 5.32 Å². The van der Waals surface area contributed by atoms with Crippen molar-refractivity contribution in [2.45, 2.75) is 57.1 Å². The number of halogens is 1. The smallest absolute Gasteiger partial charge is 0.264 e. The SMILES string of the molecule is COc1ccc(OC)c(N(CC(=O)N(Cc2cccc(Cl)c2)C(Cc2ccccc2)C(=O)NC(C)(C)C)S(=O)(=O)c2ccc(C)cc2)c1. The van der Waals surface area contributed by atoms with Crippen LogP contribution in [0.3, 0.4) is 0 Å². The second-order valence-electron chi connectivity index (χ2n) is 12.5. The van der Waals surface area contributed by atoms with Gasteiger partial charge in [0.15, 0.2) is 0 Å². The fourth-order valence-corrected chi connectivity index (χ4v) is 6.81. The number of hydrogen-bond acceptors (Lipinski definition) is 6. The van der Waals surface area contributed by atoms with Crippen molar-refractivity contribution in [3.63, 3.8) is 0 Å². The van der Waals surface area contributed by atoms with Crippen LogP contribution in [0.15, 0.2) is 102 Å². The van der Waals surface area contributed by atoms with Crippen LogP contribution in [0.2, 0.25) is 5.02 Å². The maximum Gasteiger partial charge on any atom is 0.264 e. The third kappa shape index (κ3) is 9.29. The number of anilines is 1. The van der Waals surface area contributed by atoms with Gasteiger partial charge in [0.1, 0.15) is 24.1 Å². The van der Waals surface area contributed by atoms with Crippen LogP contribution in [-0.4, -0.2) is 57.5 Å². The molecule has 0 aliphatic heterocycles. The molecular weight excluding hydrogens is 650 g/mol. The van der Waals surface area contributed by atoms with E-state index in [-0.39, 0.29) is 35.2 Å². The number of carbonyl (C=O) groups excluding carboxylic acids is 2. The second kappa shape index (κ2) is 15.6. The highest BCUT2D eigenvalue weighted by Gasteiger charge is 2.36. The molecule has 4 aromatic carbocycles. The maximum atomic E-state index is 14.7. The highest BCUT2D eigenvalue weighted by Crippen LogP contribution is 2.36. The van der Waals surface area contributed by atoms with E-state index in [0.29, 0.717) is 16.3 Å². The van der Waals surface area contributed by atoms with Gasteiger partial charge in [0, 0.05) is 29.6 Å². The maximum absolute atomic E-state index is 14.7. The number of hydrogen-bond donors (Lipinski definition) is 1. The third-order valence-corrected chi connectivity index (χ3v) is 9.56. The fraction of sp³-hybridized carbons (Fsp3) is 0.297. The van der Waals surface area contributed by atoms with E-state index in [9.17, 15) is 18.0 Å². The quantitative estimate of drug-likeness (QED) is 0.174. The van der Waals surface area contributed by atoms with Gasteiger partial charge in [-0.05, 0) is 75.2 Å². The van der Waals surface area contributed by atoms with Crippen molar-refractivity contribution in [2.24, 2.45) is 0 Å². The van der Waals surface area contributed by atoms with Gasteiger partial charge in [0.25, 0.3) is 10.0 Å². The number of ether oxygens (including phenoxy) is 2. The Labute approximate surface area is 288 Å². The van der Waals surface area contributed by atoms with Crippen LogP contribution in [0.1, 0.15) is 37.5 Å². The Balaban J connectivity index is 1.88. The molecule has 4 aromatic rings. The number of carbonyl (C=O) groups is 2. The molecule has 11 heteroatoms. The number of benzene rings is 4. The molecule has 0 aromatic heterocycles. The number of amides is 2. The summed E-state index contributed by atoms with van der Waals surface area (Å²) in [7, 11) is -1.46. The first-order chi connectivity index (χ1) is 22.7. The van der Waals surface area contributed by atoms with E-state index in [1.165, 1.54) is 37.3 Å². The predicted octanol–water partition coefficient (Wildman–Crippen LogP) is 6.42. The Kier molecular flexibility index (Phi) is 11.8. The summed E-state index contributed by atoms with van der Waals surface area (Å²) in [6, 6.07) is 26.4. The lowest BCUT2D eigenvalue weighted by atomic mass is 10.0. The third-order valence-electron chi connectivity index (χ3n) is 7.55. The Morgan fingerprint density at radius 3 is 2.12 bits per heavy atom. The number of rotatable bonds is 13. The van der Waals surface area contributed by atoms with Gasteiger partial charge < -0.3 is 19.7 Å². The van der Waals surface area contributed by atoms with Gasteiger partial charge in [0.05, 0.1) is 24.8 Å². The Hall–Kier alpha value is -4.54. The predicted molar refractivity (Wildman–Crippen MR) is 189 cm³/mol. The monoisotopic (exact) mass is 691 g/mol. The molecule has 4 rings (SSSR count). The van der Waals surface area contributed by atoms with Crippen molar-refractivity contribution in [1.82, 2.24) is 10.2 Å². The zero-order valence-electron chi connectivity index (χ0n) is 28.1. The van der Waals surface area contributed by atoms with Crippen LogP contribution in [0.4, 0.5) is 5.69 Å². The number of nitrogens with zero attached hydrogens (tertiary/aromatic N) is 2. The normalized spacial score (nSPS) is 12.1. The van der Waals surface area contributed by atoms with Gasteiger partial charge in [-0.1, -0.05) is 71.8 Å². The molecule has 0 spiro atoms. The summed E-state index contributed by atoms with van der Waals surface area (Å²) < 4.78 is 40.8. The summed E-state index contributed by atoms with van der Waals surface area (Å²) in [5.74, 6) is -0.411. The molecule has 0 aliphatic rings. The van der Waals surface area contributed by atoms with E-state index in [1.807, 2.05) is 58.0 Å². The molecule has 1 unspecified atom stereocenters. The van der Waals surface area contributed by atoms with Crippen molar-refractivity contribution in [3.8, 4) is 11.5 Å². The van der Waals surface area contributed by atoms with Crippen molar-refractivity contribution < 1.29 is 27.5 Å². The van der Waals surface area contributed by atoms with Gasteiger partial charge in [-0.15, -0.1) is 0 Å². The van der Waals surface area contributed by atoms with Crippen LogP contribution in [0.25, 0.3) is 0 Å². The highest BCUT2D eigenvalue weighted by molar-refractivity contribution is 7.92. The van der Waals surface area contributed by atoms with E-state index in [1.54, 1.807) is 48.5 Å². The van der Waals surface area contributed by atoms with E-state index in [0.717, 1.165) is 15.4 Å². The molecule has 2 amide bonds. The first-order valence-corrected chi connectivity index (χ1v) is 17.2. The van der Waals surface area contributed by atoms with Crippen molar-refractivity contribution in [3.05, 3.63) is 119 Å². The summed E-state index contributed by atoms with van der Waals surface area (Å²) in [5.41, 5.74) is 1.87. The summed E-state index contributed by atoms with van der Waals surface area (Å²) in [4.78, 5) is 30.2. The molecule has 0 heterocycles. The average molecular weight is 692 g/mol. The van der Waals surface area contributed by atoms with Crippen LogP contribution in [0, 0.1) is 6.92 Å².